The van der Waals surface area contributed by atoms with E-state index in [1.807, 2.05) is 24.0 Å². The summed E-state index contributed by atoms with van der Waals surface area (Å²) in [6, 6.07) is 5.80. The summed E-state index contributed by atoms with van der Waals surface area (Å²) in [6.45, 7) is 3.37. The molecule has 20 heavy (non-hydrogen) atoms. The van der Waals surface area contributed by atoms with Gasteiger partial charge in [-0.25, -0.2) is 0 Å². The summed E-state index contributed by atoms with van der Waals surface area (Å²) in [7, 11) is 0. The average molecular weight is 351 g/mol. The van der Waals surface area contributed by atoms with Crippen LogP contribution in [0.15, 0.2) is 28.1 Å². The lowest BCUT2D eigenvalue weighted by Crippen LogP contribution is -2.35. The lowest BCUT2D eigenvalue weighted by atomic mass is 10.0. The fourth-order valence-electron chi connectivity index (χ4n) is 2.51. The quantitative estimate of drug-likeness (QED) is 0.798. The summed E-state index contributed by atoms with van der Waals surface area (Å²) < 4.78 is 0.845. The highest BCUT2D eigenvalue weighted by Gasteiger charge is 2.24. The molecule has 104 valence electrons. The van der Waals surface area contributed by atoms with Crippen LogP contribution in [0.4, 0.5) is 5.69 Å². The second kappa shape index (κ2) is 5.22. The molecule has 1 aliphatic heterocycles. The maximum absolute atomic E-state index is 12.7. The Labute approximate surface area is 130 Å². The van der Waals surface area contributed by atoms with Gasteiger partial charge in [-0.05, 0) is 48.1 Å². The first-order valence-electron chi connectivity index (χ1n) is 6.46. The number of thiophene rings is 1. The highest BCUT2D eigenvalue weighted by molar-refractivity contribution is 9.10. The summed E-state index contributed by atoms with van der Waals surface area (Å²) in [6.07, 6.45) is 0.946. The number of nitrogen functional groups attached to an aromatic ring is 1. The minimum Gasteiger partial charge on any atom is -0.398 e. The monoisotopic (exact) mass is 350 g/mol. The number of amides is 1. The number of anilines is 1. The van der Waals surface area contributed by atoms with Crippen molar-refractivity contribution in [3.63, 3.8) is 0 Å². The topological polar surface area (TPSA) is 46.3 Å². The van der Waals surface area contributed by atoms with E-state index < -0.39 is 0 Å². The lowest BCUT2D eigenvalue weighted by Gasteiger charge is -2.28. The number of hydrogen-bond acceptors (Lipinski definition) is 3. The number of rotatable bonds is 1. The SMILES string of the molecule is Cc1c(N)cc(Br)cc1C(=O)N1CCc2sccc2C1. The van der Waals surface area contributed by atoms with Gasteiger partial charge in [0.25, 0.3) is 5.91 Å². The zero-order chi connectivity index (χ0) is 14.3. The largest absolute Gasteiger partial charge is 0.398 e. The van der Waals surface area contributed by atoms with Crippen LogP contribution < -0.4 is 5.73 Å². The van der Waals surface area contributed by atoms with E-state index in [1.165, 1.54) is 10.4 Å². The van der Waals surface area contributed by atoms with Gasteiger partial charge in [-0.3, -0.25) is 4.79 Å². The van der Waals surface area contributed by atoms with Crippen LogP contribution in [0.25, 0.3) is 0 Å². The maximum Gasteiger partial charge on any atom is 0.254 e. The van der Waals surface area contributed by atoms with E-state index >= 15 is 0 Å². The van der Waals surface area contributed by atoms with Crippen molar-refractivity contribution in [1.29, 1.82) is 0 Å². The van der Waals surface area contributed by atoms with Crippen LogP contribution in [0.2, 0.25) is 0 Å². The van der Waals surface area contributed by atoms with Gasteiger partial charge in [0.15, 0.2) is 0 Å². The van der Waals surface area contributed by atoms with Crippen molar-refractivity contribution in [2.24, 2.45) is 0 Å². The summed E-state index contributed by atoms with van der Waals surface area (Å²) in [5, 5.41) is 2.10. The third kappa shape index (κ3) is 2.36. The first-order chi connectivity index (χ1) is 9.56. The second-order valence-electron chi connectivity index (χ2n) is 5.01. The van der Waals surface area contributed by atoms with Crippen LogP contribution in [-0.2, 0) is 13.0 Å². The van der Waals surface area contributed by atoms with Crippen molar-refractivity contribution in [1.82, 2.24) is 4.90 Å². The molecule has 0 fully saturated rings. The van der Waals surface area contributed by atoms with Crippen LogP contribution >= 0.6 is 27.3 Å². The predicted molar refractivity (Wildman–Crippen MR) is 86.1 cm³/mol. The van der Waals surface area contributed by atoms with Crippen molar-refractivity contribution in [3.8, 4) is 0 Å². The zero-order valence-electron chi connectivity index (χ0n) is 11.1. The van der Waals surface area contributed by atoms with Crippen molar-refractivity contribution in [2.45, 2.75) is 19.9 Å². The number of benzene rings is 1. The molecule has 0 spiro atoms. The highest BCUT2D eigenvalue weighted by Crippen LogP contribution is 2.28. The smallest absolute Gasteiger partial charge is 0.254 e. The molecule has 0 saturated carbocycles. The Bertz CT molecular complexity index is 681. The van der Waals surface area contributed by atoms with Crippen LogP contribution in [0.3, 0.4) is 0 Å². The molecule has 3 nitrogen and oxygen atoms in total. The molecule has 0 atom stereocenters. The Morgan fingerprint density at radius 2 is 2.25 bits per heavy atom. The fraction of sp³-hybridized carbons (Fsp3) is 0.267. The standard InChI is InChI=1S/C15H15BrN2OS/c1-9-12(6-11(16)7-13(9)17)15(19)18-4-2-14-10(8-18)3-5-20-14/h3,5-7H,2,4,8,17H2,1H3. The molecule has 1 aromatic heterocycles. The molecule has 1 aromatic carbocycles. The van der Waals surface area contributed by atoms with Crippen LogP contribution in [-0.4, -0.2) is 17.4 Å². The number of nitrogens with zero attached hydrogens (tertiary/aromatic N) is 1. The molecule has 0 aliphatic carbocycles. The van der Waals surface area contributed by atoms with E-state index in [0.29, 0.717) is 17.8 Å². The minimum absolute atomic E-state index is 0.0624. The second-order valence-corrected chi connectivity index (χ2v) is 6.93. The summed E-state index contributed by atoms with van der Waals surface area (Å²) in [5.74, 6) is 0.0624. The van der Waals surface area contributed by atoms with E-state index in [0.717, 1.165) is 23.0 Å². The Morgan fingerprint density at radius 3 is 3.05 bits per heavy atom. The molecule has 1 amide bonds. The van der Waals surface area contributed by atoms with Crippen LogP contribution in [0, 0.1) is 6.92 Å². The molecule has 2 N–H and O–H groups in total. The number of nitrogens with two attached hydrogens (primary N) is 1. The van der Waals surface area contributed by atoms with Crippen molar-refractivity contribution < 1.29 is 4.79 Å². The summed E-state index contributed by atoms with van der Waals surface area (Å²) in [5.41, 5.74) is 9.42. The first-order valence-corrected chi connectivity index (χ1v) is 8.13. The van der Waals surface area contributed by atoms with E-state index in [9.17, 15) is 4.79 Å². The third-order valence-corrected chi connectivity index (χ3v) is 5.22. The first kappa shape index (κ1) is 13.6. The Kier molecular flexibility index (Phi) is 3.56. The molecule has 2 aromatic rings. The maximum atomic E-state index is 12.7. The number of fused-ring (bicyclic) bond motifs is 1. The molecule has 0 bridgehead atoms. The Morgan fingerprint density at radius 1 is 1.45 bits per heavy atom. The number of carbonyl (C=O) groups is 1. The number of carbonyl (C=O) groups excluding carboxylic acids is 1. The van der Waals surface area contributed by atoms with E-state index in [1.54, 1.807) is 11.3 Å². The average Bonchev–Trinajstić information content (AvgIpc) is 2.89. The van der Waals surface area contributed by atoms with Crippen molar-refractivity contribution in [2.75, 3.05) is 12.3 Å². The fourth-order valence-corrected chi connectivity index (χ4v) is 3.88. The van der Waals surface area contributed by atoms with Crippen molar-refractivity contribution >= 4 is 38.9 Å². The molecule has 5 heteroatoms. The third-order valence-electron chi connectivity index (χ3n) is 3.74. The molecular formula is C15H15BrN2OS. The molecule has 0 unspecified atom stereocenters. The van der Waals surface area contributed by atoms with Gasteiger partial charge >= 0.3 is 0 Å². The van der Waals surface area contributed by atoms with Gasteiger partial charge in [0.1, 0.15) is 0 Å². The highest BCUT2D eigenvalue weighted by atomic mass is 79.9. The summed E-state index contributed by atoms with van der Waals surface area (Å²) in [4.78, 5) is 16.0. The summed E-state index contributed by atoms with van der Waals surface area (Å²) >= 11 is 5.19. The number of halogens is 1. The predicted octanol–water partition coefficient (Wildman–Crippen LogP) is 3.60. The van der Waals surface area contributed by atoms with E-state index in [-0.39, 0.29) is 5.91 Å². The Balaban J connectivity index is 1.91. The van der Waals surface area contributed by atoms with Crippen LogP contribution in [0.1, 0.15) is 26.4 Å². The molecular weight excluding hydrogens is 336 g/mol. The molecule has 2 heterocycles. The van der Waals surface area contributed by atoms with E-state index in [4.69, 9.17) is 5.73 Å². The van der Waals surface area contributed by atoms with Gasteiger partial charge < -0.3 is 10.6 Å². The Hall–Kier alpha value is -1.33. The zero-order valence-corrected chi connectivity index (χ0v) is 13.6. The molecule has 3 rings (SSSR count). The van der Waals surface area contributed by atoms with Gasteiger partial charge in [0, 0.05) is 33.7 Å². The lowest BCUT2D eigenvalue weighted by molar-refractivity contribution is 0.0735. The number of hydrogen-bond donors (Lipinski definition) is 1. The van der Waals surface area contributed by atoms with Crippen molar-refractivity contribution in [3.05, 3.63) is 49.6 Å². The normalized spacial score (nSPS) is 14.2. The van der Waals surface area contributed by atoms with Gasteiger partial charge in [0.2, 0.25) is 0 Å². The van der Waals surface area contributed by atoms with Crippen LogP contribution in [0.5, 0.6) is 0 Å². The molecule has 1 aliphatic rings. The van der Waals surface area contributed by atoms with E-state index in [2.05, 4.69) is 27.4 Å². The van der Waals surface area contributed by atoms with Gasteiger partial charge in [-0.2, -0.15) is 0 Å². The molecule has 0 radical (unpaired) electrons. The van der Waals surface area contributed by atoms with Gasteiger partial charge in [0.05, 0.1) is 0 Å². The van der Waals surface area contributed by atoms with Gasteiger partial charge in [-0.1, -0.05) is 15.9 Å². The van der Waals surface area contributed by atoms with Gasteiger partial charge in [-0.15, -0.1) is 11.3 Å². The minimum atomic E-state index is 0.0624. The molecule has 0 saturated heterocycles.